The van der Waals surface area contributed by atoms with Crippen LogP contribution >= 0.6 is 11.3 Å². The molecule has 0 saturated heterocycles. The Morgan fingerprint density at radius 3 is 2.77 bits per heavy atom. The Bertz CT molecular complexity index is 1480. The standard InChI is InChI=1S/C23H20N4O3S/c1-23(2)11-15-17(13-30-23)31-21-18(15)20-24-19(16-9-6-10-29-16)25-27(20)22(28)26(21)12-14-7-4-3-5-8-14/h3-10H,11-13H2,1-2H3. The van der Waals surface area contributed by atoms with Crippen LogP contribution < -0.4 is 5.69 Å². The largest absolute Gasteiger partial charge is 0.461 e. The summed E-state index contributed by atoms with van der Waals surface area (Å²) >= 11 is 1.62. The van der Waals surface area contributed by atoms with Crippen molar-refractivity contribution in [3.63, 3.8) is 0 Å². The van der Waals surface area contributed by atoms with Crippen molar-refractivity contribution in [1.82, 2.24) is 19.2 Å². The number of furan rings is 1. The van der Waals surface area contributed by atoms with E-state index in [0.717, 1.165) is 27.1 Å². The van der Waals surface area contributed by atoms with Gasteiger partial charge >= 0.3 is 5.69 Å². The van der Waals surface area contributed by atoms with Gasteiger partial charge in [0.05, 0.1) is 30.4 Å². The lowest BCUT2D eigenvalue weighted by Gasteiger charge is -2.30. The minimum atomic E-state index is -0.276. The number of benzene rings is 1. The number of fused-ring (bicyclic) bond motifs is 5. The van der Waals surface area contributed by atoms with E-state index in [0.29, 0.717) is 30.4 Å². The fourth-order valence-corrected chi connectivity index (χ4v) is 5.40. The Hall–Kier alpha value is -3.23. The van der Waals surface area contributed by atoms with Gasteiger partial charge in [-0.15, -0.1) is 16.4 Å². The molecule has 0 saturated carbocycles. The van der Waals surface area contributed by atoms with Gasteiger partial charge in [-0.3, -0.25) is 4.57 Å². The zero-order valence-electron chi connectivity index (χ0n) is 17.2. The van der Waals surface area contributed by atoms with Crippen molar-refractivity contribution in [2.45, 2.75) is 39.0 Å². The third-order valence-electron chi connectivity index (χ3n) is 5.68. The molecule has 0 fully saturated rings. The lowest BCUT2D eigenvalue weighted by molar-refractivity contribution is -0.0379. The third kappa shape index (κ3) is 2.94. The second-order valence-electron chi connectivity index (χ2n) is 8.41. The lowest BCUT2D eigenvalue weighted by atomic mass is 9.94. The van der Waals surface area contributed by atoms with Crippen LogP contribution in [0.1, 0.15) is 29.9 Å². The third-order valence-corrected chi connectivity index (χ3v) is 6.91. The maximum atomic E-state index is 13.5. The molecular formula is C23H20N4O3S. The van der Waals surface area contributed by atoms with Crippen molar-refractivity contribution in [2.24, 2.45) is 0 Å². The summed E-state index contributed by atoms with van der Waals surface area (Å²) in [5.74, 6) is 0.950. The van der Waals surface area contributed by atoms with Crippen LogP contribution in [0.4, 0.5) is 0 Å². The van der Waals surface area contributed by atoms with Crippen molar-refractivity contribution in [2.75, 3.05) is 0 Å². The molecule has 7 nitrogen and oxygen atoms in total. The number of aromatic nitrogens is 4. The zero-order valence-corrected chi connectivity index (χ0v) is 18.0. The van der Waals surface area contributed by atoms with Crippen LogP contribution in [0.2, 0.25) is 0 Å². The first-order valence-corrected chi connectivity index (χ1v) is 11.0. The lowest BCUT2D eigenvalue weighted by Crippen LogP contribution is -2.31. The Labute approximate surface area is 181 Å². The minimum Gasteiger partial charge on any atom is -0.461 e. The number of hydrogen-bond donors (Lipinski definition) is 0. The summed E-state index contributed by atoms with van der Waals surface area (Å²) in [6.07, 6.45) is 2.33. The molecule has 0 aliphatic carbocycles. The van der Waals surface area contributed by atoms with Gasteiger partial charge in [0.15, 0.2) is 11.4 Å². The van der Waals surface area contributed by atoms with Gasteiger partial charge in [0.1, 0.15) is 4.83 Å². The van der Waals surface area contributed by atoms with E-state index in [9.17, 15) is 4.79 Å². The molecule has 0 unspecified atom stereocenters. The molecule has 4 aromatic heterocycles. The average molecular weight is 433 g/mol. The Morgan fingerprint density at radius 1 is 1.16 bits per heavy atom. The van der Waals surface area contributed by atoms with Crippen LogP contribution in [0.3, 0.4) is 0 Å². The smallest absolute Gasteiger partial charge is 0.352 e. The number of hydrogen-bond acceptors (Lipinski definition) is 6. The second kappa shape index (κ2) is 6.63. The predicted molar refractivity (Wildman–Crippen MR) is 118 cm³/mol. The quantitative estimate of drug-likeness (QED) is 0.426. The van der Waals surface area contributed by atoms with Gasteiger partial charge in [-0.1, -0.05) is 30.3 Å². The Balaban J connectivity index is 1.68. The molecular weight excluding hydrogens is 412 g/mol. The predicted octanol–water partition coefficient (Wildman–Crippen LogP) is 4.27. The molecule has 8 heteroatoms. The van der Waals surface area contributed by atoms with Crippen LogP contribution in [0.15, 0.2) is 57.9 Å². The Kier molecular flexibility index (Phi) is 3.97. The highest BCUT2D eigenvalue weighted by Crippen LogP contribution is 2.40. The molecule has 1 aliphatic rings. The van der Waals surface area contributed by atoms with E-state index < -0.39 is 0 Å². The zero-order chi connectivity index (χ0) is 21.2. The topological polar surface area (TPSA) is 74.6 Å². The van der Waals surface area contributed by atoms with Gasteiger partial charge in [0.25, 0.3) is 0 Å². The van der Waals surface area contributed by atoms with Crippen molar-refractivity contribution in [1.29, 1.82) is 0 Å². The number of thiophene rings is 1. The van der Waals surface area contributed by atoms with Crippen LogP contribution in [0.25, 0.3) is 27.4 Å². The van der Waals surface area contributed by atoms with Crippen LogP contribution in [-0.4, -0.2) is 24.8 Å². The molecule has 0 atom stereocenters. The van der Waals surface area contributed by atoms with Crippen molar-refractivity contribution in [3.05, 3.63) is 75.2 Å². The fourth-order valence-electron chi connectivity index (χ4n) is 4.18. The van der Waals surface area contributed by atoms with Crippen molar-refractivity contribution >= 4 is 27.2 Å². The van der Waals surface area contributed by atoms with Gasteiger partial charge < -0.3 is 9.15 Å². The van der Waals surface area contributed by atoms with Crippen LogP contribution in [0.5, 0.6) is 0 Å². The van der Waals surface area contributed by atoms with E-state index in [1.807, 2.05) is 30.3 Å². The summed E-state index contributed by atoms with van der Waals surface area (Å²) in [5.41, 5.74) is 2.34. The monoisotopic (exact) mass is 432 g/mol. The molecule has 0 N–H and O–H groups in total. The van der Waals surface area contributed by atoms with Crippen molar-refractivity contribution in [3.8, 4) is 11.6 Å². The summed E-state index contributed by atoms with van der Waals surface area (Å²) in [7, 11) is 0. The highest BCUT2D eigenvalue weighted by Gasteiger charge is 2.32. The molecule has 0 bridgehead atoms. The van der Waals surface area contributed by atoms with Crippen molar-refractivity contribution < 1.29 is 9.15 Å². The van der Waals surface area contributed by atoms with Gasteiger partial charge in [-0.25, -0.2) is 9.78 Å². The molecule has 1 aromatic carbocycles. The fraction of sp³-hybridized carbons (Fsp3) is 0.261. The SMILES string of the molecule is CC1(C)Cc2c(sc3c2c2nc(-c4ccco4)nn2c(=O)n3Cc2ccccc2)CO1. The summed E-state index contributed by atoms with van der Waals surface area (Å²) < 4.78 is 14.8. The molecule has 6 rings (SSSR count). The van der Waals surface area contributed by atoms with E-state index >= 15 is 0 Å². The van der Waals surface area contributed by atoms with E-state index in [1.54, 1.807) is 34.3 Å². The molecule has 5 aromatic rings. The molecule has 1 aliphatic heterocycles. The number of nitrogens with zero attached hydrogens (tertiary/aromatic N) is 4. The highest BCUT2D eigenvalue weighted by molar-refractivity contribution is 7.19. The second-order valence-corrected chi connectivity index (χ2v) is 9.50. The van der Waals surface area contributed by atoms with Gasteiger partial charge in [-0.2, -0.15) is 4.52 Å². The van der Waals surface area contributed by atoms with Gasteiger partial charge in [0.2, 0.25) is 5.82 Å². The molecule has 0 spiro atoms. The normalized spacial score (nSPS) is 15.5. The summed E-state index contributed by atoms with van der Waals surface area (Å²) in [6.45, 7) is 5.18. The van der Waals surface area contributed by atoms with Crippen LogP contribution in [-0.2, 0) is 24.3 Å². The van der Waals surface area contributed by atoms with E-state index in [-0.39, 0.29) is 11.3 Å². The summed E-state index contributed by atoms with van der Waals surface area (Å²) in [5, 5.41) is 5.51. The molecule has 156 valence electrons. The number of ether oxygens (including phenoxy) is 1. The van der Waals surface area contributed by atoms with Gasteiger partial charge in [-0.05, 0) is 37.1 Å². The van der Waals surface area contributed by atoms with Crippen LogP contribution in [0, 0.1) is 0 Å². The summed E-state index contributed by atoms with van der Waals surface area (Å²) in [4.78, 5) is 20.3. The molecule has 0 amide bonds. The maximum absolute atomic E-state index is 13.5. The highest BCUT2D eigenvalue weighted by atomic mass is 32.1. The van der Waals surface area contributed by atoms with Gasteiger partial charge in [0, 0.05) is 11.3 Å². The average Bonchev–Trinajstić information content (AvgIpc) is 3.48. The molecule has 5 heterocycles. The first-order valence-electron chi connectivity index (χ1n) is 10.2. The maximum Gasteiger partial charge on any atom is 0.352 e. The first-order chi connectivity index (χ1) is 15.0. The van der Waals surface area contributed by atoms with E-state index in [1.165, 1.54) is 10.1 Å². The first kappa shape index (κ1) is 18.5. The van der Waals surface area contributed by atoms with E-state index in [4.69, 9.17) is 14.1 Å². The minimum absolute atomic E-state index is 0.213. The summed E-state index contributed by atoms with van der Waals surface area (Å²) in [6, 6.07) is 13.6. The molecule has 31 heavy (non-hydrogen) atoms. The van der Waals surface area contributed by atoms with E-state index in [2.05, 4.69) is 18.9 Å². The number of rotatable bonds is 3. The molecule has 0 radical (unpaired) electrons. The Morgan fingerprint density at radius 2 is 2.00 bits per heavy atom.